The Morgan fingerprint density at radius 1 is 1.15 bits per heavy atom. The van der Waals surface area contributed by atoms with Gasteiger partial charge >= 0.3 is 5.97 Å². The van der Waals surface area contributed by atoms with E-state index in [0.717, 1.165) is 16.6 Å². The van der Waals surface area contributed by atoms with Crippen LogP contribution in [0.3, 0.4) is 0 Å². The fourth-order valence-electron chi connectivity index (χ4n) is 2.39. The molecular weight excluding hydrogens is 254 g/mol. The summed E-state index contributed by atoms with van der Waals surface area (Å²) in [6.45, 7) is 1.86. The van der Waals surface area contributed by atoms with Crippen molar-refractivity contribution >= 4 is 16.9 Å². The third-order valence-corrected chi connectivity index (χ3v) is 3.25. The molecule has 100 valence electrons. The van der Waals surface area contributed by atoms with Gasteiger partial charge in [0.15, 0.2) is 0 Å². The predicted molar refractivity (Wildman–Crippen MR) is 74.9 cm³/mol. The van der Waals surface area contributed by atoms with E-state index in [4.69, 9.17) is 4.74 Å². The van der Waals surface area contributed by atoms with Gasteiger partial charge in [-0.2, -0.15) is 0 Å². The van der Waals surface area contributed by atoms with E-state index < -0.39 is 0 Å². The number of benzene rings is 1. The molecule has 0 unspecified atom stereocenters. The van der Waals surface area contributed by atoms with Crippen molar-refractivity contribution in [2.24, 2.45) is 0 Å². The monoisotopic (exact) mass is 267 g/mol. The second-order valence-electron chi connectivity index (χ2n) is 4.35. The maximum absolute atomic E-state index is 12.0. The molecule has 0 saturated heterocycles. The van der Waals surface area contributed by atoms with Crippen LogP contribution in [-0.2, 0) is 4.74 Å². The van der Waals surface area contributed by atoms with Crippen LogP contribution >= 0.6 is 0 Å². The molecule has 0 spiro atoms. The molecule has 0 radical (unpaired) electrons. The molecule has 0 aliphatic carbocycles. The Labute approximate surface area is 115 Å². The van der Waals surface area contributed by atoms with Gasteiger partial charge in [-0.1, -0.05) is 18.2 Å². The molecule has 0 N–H and O–H groups in total. The number of hydrogen-bond acceptors (Lipinski definition) is 4. The average Bonchev–Trinajstić information content (AvgIpc) is 2.79. The van der Waals surface area contributed by atoms with Crippen molar-refractivity contribution in [3.63, 3.8) is 0 Å². The summed E-state index contributed by atoms with van der Waals surface area (Å²) in [4.78, 5) is 20.5. The van der Waals surface area contributed by atoms with Crippen LogP contribution in [0, 0.1) is 6.92 Å². The first kappa shape index (κ1) is 12.3. The molecule has 5 heteroatoms. The first-order chi connectivity index (χ1) is 9.74. The van der Waals surface area contributed by atoms with Crippen LogP contribution in [0.1, 0.15) is 16.1 Å². The van der Waals surface area contributed by atoms with E-state index in [2.05, 4.69) is 9.97 Å². The van der Waals surface area contributed by atoms with E-state index in [0.29, 0.717) is 11.5 Å². The molecule has 0 amide bonds. The number of carbonyl (C=O) groups excluding carboxylic acids is 1. The number of rotatable bonds is 2. The smallest absolute Gasteiger partial charge is 0.340 e. The number of fused-ring (bicyclic) bond motifs is 1. The highest BCUT2D eigenvalue weighted by molar-refractivity contribution is 6.06. The first-order valence-corrected chi connectivity index (χ1v) is 6.19. The van der Waals surface area contributed by atoms with Crippen molar-refractivity contribution in [1.82, 2.24) is 14.5 Å². The summed E-state index contributed by atoms with van der Waals surface area (Å²) in [7, 11) is 1.38. The van der Waals surface area contributed by atoms with Gasteiger partial charge < -0.3 is 4.74 Å². The largest absolute Gasteiger partial charge is 0.465 e. The summed E-state index contributed by atoms with van der Waals surface area (Å²) < 4.78 is 6.74. The molecule has 0 atom stereocenters. The van der Waals surface area contributed by atoms with Gasteiger partial charge in [-0.15, -0.1) is 0 Å². The molecule has 3 rings (SSSR count). The van der Waals surface area contributed by atoms with Crippen LogP contribution in [0.4, 0.5) is 0 Å². The number of ether oxygens (including phenoxy) is 1. The molecule has 0 aliphatic rings. The summed E-state index contributed by atoms with van der Waals surface area (Å²) in [5.41, 5.74) is 2.21. The molecule has 2 heterocycles. The van der Waals surface area contributed by atoms with Gasteiger partial charge in [0.05, 0.1) is 18.2 Å². The zero-order valence-corrected chi connectivity index (χ0v) is 11.2. The fraction of sp³-hybridized carbons (Fsp3) is 0.133. The molecular formula is C15H13N3O2. The lowest BCUT2D eigenvalue weighted by Gasteiger charge is -2.05. The highest BCUT2D eigenvalue weighted by Gasteiger charge is 2.21. The number of esters is 1. The Bertz CT molecular complexity index is 778. The topological polar surface area (TPSA) is 57.0 Å². The van der Waals surface area contributed by atoms with Gasteiger partial charge in [-0.05, 0) is 19.1 Å². The lowest BCUT2D eigenvalue weighted by molar-refractivity contribution is 0.0602. The van der Waals surface area contributed by atoms with Crippen molar-refractivity contribution < 1.29 is 9.53 Å². The fourth-order valence-corrected chi connectivity index (χ4v) is 2.39. The van der Waals surface area contributed by atoms with Crippen LogP contribution in [0.25, 0.3) is 16.9 Å². The van der Waals surface area contributed by atoms with E-state index in [1.54, 1.807) is 18.5 Å². The van der Waals surface area contributed by atoms with Crippen molar-refractivity contribution in [1.29, 1.82) is 0 Å². The number of aromatic nitrogens is 3. The third kappa shape index (κ3) is 1.75. The highest BCUT2D eigenvalue weighted by Crippen LogP contribution is 2.28. The average molecular weight is 267 g/mol. The van der Waals surface area contributed by atoms with E-state index >= 15 is 0 Å². The maximum Gasteiger partial charge on any atom is 0.340 e. The Hall–Kier alpha value is -2.69. The normalized spacial score (nSPS) is 10.7. The Morgan fingerprint density at radius 3 is 2.55 bits per heavy atom. The zero-order valence-electron chi connectivity index (χ0n) is 11.2. The molecule has 0 aliphatic heterocycles. The number of para-hydroxylation sites is 1. The van der Waals surface area contributed by atoms with Gasteiger partial charge in [-0.3, -0.25) is 4.57 Å². The zero-order chi connectivity index (χ0) is 14.1. The van der Waals surface area contributed by atoms with Gasteiger partial charge in [-0.25, -0.2) is 14.8 Å². The first-order valence-electron chi connectivity index (χ1n) is 6.19. The number of hydrogen-bond donors (Lipinski definition) is 0. The number of methoxy groups -OCH3 is 1. The summed E-state index contributed by atoms with van der Waals surface area (Å²) >= 11 is 0. The Balaban J connectivity index is 2.39. The van der Waals surface area contributed by atoms with Gasteiger partial charge in [0.1, 0.15) is 0 Å². The minimum absolute atomic E-state index is 0.353. The third-order valence-electron chi connectivity index (χ3n) is 3.25. The summed E-state index contributed by atoms with van der Waals surface area (Å²) in [5, 5.41) is 0.837. The molecule has 0 fully saturated rings. The lowest BCUT2D eigenvalue weighted by atomic mass is 10.1. The minimum atomic E-state index is -0.353. The predicted octanol–water partition coefficient (Wildman–Crippen LogP) is 2.52. The van der Waals surface area contributed by atoms with E-state index in [9.17, 15) is 4.79 Å². The summed E-state index contributed by atoms with van der Waals surface area (Å²) in [6.07, 6.45) is 3.35. The molecule has 1 aromatic carbocycles. The number of carbonyl (C=O) groups is 1. The molecule has 0 bridgehead atoms. The van der Waals surface area contributed by atoms with Gasteiger partial charge in [0.2, 0.25) is 5.95 Å². The van der Waals surface area contributed by atoms with Gasteiger partial charge in [0.25, 0.3) is 0 Å². The molecule has 2 aromatic heterocycles. The highest BCUT2D eigenvalue weighted by atomic mass is 16.5. The van der Waals surface area contributed by atoms with Crippen LogP contribution in [-0.4, -0.2) is 27.6 Å². The van der Waals surface area contributed by atoms with E-state index in [1.807, 2.05) is 35.8 Å². The Kier molecular flexibility index (Phi) is 2.95. The Morgan fingerprint density at radius 2 is 1.85 bits per heavy atom. The SMILES string of the molecule is COC(=O)c1c(C)n(-c2ncccn2)c2ccccc12. The maximum atomic E-state index is 12.0. The molecule has 20 heavy (non-hydrogen) atoms. The van der Waals surface area contributed by atoms with Crippen molar-refractivity contribution in [2.45, 2.75) is 6.92 Å². The van der Waals surface area contributed by atoms with Crippen molar-refractivity contribution in [2.75, 3.05) is 7.11 Å². The van der Waals surface area contributed by atoms with E-state index in [-0.39, 0.29) is 5.97 Å². The lowest BCUT2D eigenvalue weighted by Crippen LogP contribution is -2.06. The van der Waals surface area contributed by atoms with Crippen LogP contribution in [0.2, 0.25) is 0 Å². The summed E-state index contributed by atoms with van der Waals surface area (Å²) in [5.74, 6) is 0.185. The second kappa shape index (κ2) is 4.77. The van der Waals surface area contributed by atoms with E-state index in [1.165, 1.54) is 7.11 Å². The van der Waals surface area contributed by atoms with Crippen molar-refractivity contribution in [3.8, 4) is 5.95 Å². The molecule has 0 saturated carbocycles. The van der Waals surface area contributed by atoms with Crippen molar-refractivity contribution in [3.05, 3.63) is 54.0 Å². The quantitative estimate of drug-likeness (QED) is 0.669. The van der Waals surface area contributed by atoms with Gasteiger partial charge in [0, 0.05) is 23.5 Å². The summed E-state index contributed by atoms with van der Waals surface area (Å²) in [6, 6.07) is 9.40. The van der Waals surface area contributed by atoms with Crippen LogP contribution in [0.5, 0.6) is 0 Å². The molecule has 3 aromatic rings. The van der Waals surface area contributed by atoms with Crippen LogP contribution < -0.4 is 0 Å². The standard InChI is InChI=1S/C15H13N3O2/c1-10-13(14(19)20-2)11-6-3-4-7-12(11)18(10)15-16-8-5-9-17-15/h3-9H,1-2H3. The second-order valence-corrected chi connectivity index (χ2v) is 4.35. The minimum Gasteiger partial charge on any atom is -0.465 e. The van der Waals surface area contributed by atoms with Crippen LogP contribution in [0.15, 0.2) is 42.7 Å². The molecule has 5 nitrogen and oxygen atoms in total. The number of nitrogens with zero attached hydrogens (tertiary/aromatic N) is 3.